The summed E-state index contributed by atoms with van der Waals surface area (Å²) >= 11 is 0. The fourth-order valence-corrected chi connectivity index (χ4v) is 1.63. The van der Waals surface area contributed by atoms with Gasteiger partial charge in [0.05, 0.1) is 11.3 Å². The second-order valence-electron chi connectivity index (χ2n) is 4.02. The number of benzene rings is 1. The summed E-state index contributed by atoms with van der Waals surface area (Å²) in [5, 5.41) is 2.62. The molecule has 0 aliphatic rings. The fourth-order valence-electron chi connectivity index (χ4n) is 1.63. The molecule has 0 aliphatic carbocycles. The molecule has 0 fully saturated rings. The standard InChI is InChI=1S/C15H13N3O2/c16-15(20)12-5-1-2-6-13(12)18-14(19)8-7-11-4-3-9-17-10-11/h1-10H,(H2,16,20)(H,18,19)/b8-7+. The van der Waals surface area contributed by atoms with Crippen LogP contribution in [0.1, 0.15) is 15.9 Å². The van der Waals surface area contributed by atoms with Gasteiger partial charge >= 0.3 is 0 Å². The molecule has 0 aliphatic heterocycles. The van der Waals surface area contributed by atoms with E-state index in [9.17, 15) is 9.59 Å². The van der Waals surface area contributed by atoms with Gasteiger partial charge in [0, 0.05) is 18.5 Å². The lowest BCUT2D eigenvalue weighted by Crippen LogP contribution is -2.16. The van der Waals surface area contributed by atoms with Crippen LogP contribution < -0.4 is 11.1 Å². The molecule has 100 valence electrons. The Hall–Kier alpha value is -2.95. The third-order valence-corrected chi connectivity index (χ3v) is 2.56. The molecule has 1 aromatic carbocycles. The molecular formula is C15H13N3O2. The van der Waals surface area contributed by atoms with Gasteiger partial charge in [0.25, 0.3) is 5.91 Å². The highest BCUT2D eigenvalue weighted by molar-refractivity contribution is 6.07. The third-order valence-electron chi connectivity index (χ3n) is 2.56. The fraction of sp³-hybridized carbons (Fsp3) is 0. The van der Waals surface area contributed by atoms with Crippen molar-refractivity contribution in [2.24, 2.45) is 5.73 Å². The molecule has 0 unspecified atom stereocenters. The third kappa shape index (κ3) is 3.52. The first-order valence-corrected chi connectivity index (χ1v) is 5.95. The molecule has 1 aromatic heterocycles. The summed E-state index contributed by atoms with van der Waals surface area (Å²) in [6.07, 6.45) is 6.30. The highest BCUT2D eigenvalue weighted by Crippen LogP contribution is 2.14. The van der Waals surface area contributed by atoms with E-state index in [-0.39, 0.29) is 11.5 Å². The Morgan fingerprint density at radius 2 is 1.95 bits per heavy atom. The van der Waals surface area contributed by atoms with E-state index in [0.29, 0.717) is 5.69 Å². The Balaban J connectivity index is 2.09. The molecule has 0 radical (unpaired) electrons. The Morgan fingerprint density at radius 3 is 2.65 bits per heavy atom. The molecule has 1 heterocycles. The van der Waals surface area contributed by atoms with Gasteiger partial charge in [-0.15, -0.1) is 0 Å². The number of nitrogens with two attached hydrogens (primary N) is 1. The molecule has 0 bridgehead atoms. The Bertz CT molecular complexity index is 651. The zero-order valence-corrected chi connectivity index (χ0v) is 10.6. The van der Waals surface area contributed by atoms with Crippen molar-refractivity contribution >= 4 is 23.6 Å². The molecule has 5 nitrogen and oxygen atoms in total. The second-order valence-corrected chi connectivity index (χ2v) is 4.02. The minimum Gasteiger partial charge on any atom is -0.366 e. The monoisotopic (exact) mass is 267 g/mol. The van der Waals surface area contributed by atoms with Crippen LogP contribution in [0.2, 0.25) is 0 Å². The molecule has 0 saturated carbocycles. The van der Waals surface area contributed by atoms with Crippen molar-refractivity contribution in [3.63, 3.8) is 0 Å². The van der Waals surface area contributed by atoms with Gasteiger partial charge in [-0.1, -0.05) is 18.2 Å². The first-order valence-electron chi connectivity index (χ1n) is 5.95. The topological polar surface area (TPSA) is 85.1 Å². The van der Waals surface area contributed by atoms with Crippen molar-refractivity contribution < 1.29 is 9.59 Å². The van der Waals surface area contributed by atoms with Gasteiger partial charge in [0.15, 0.2) is 0 Å². The van der Waals surface area contributed by atoms with Gasteiger partial charge in [-0.3, -0.25) is 14.6 Å². The number of amides is 2. The van der Waals surface area contributed by atoms with Gasteiger partial charge < -0.3 is 11.1 Å². The number of primary amides is 1. The van der Waals surface area contributed by atoms with E-state index >= 15 is 0 Å². The van der Waals surface area contributed by atoms with Gasteiger partial charge in [-0.05, 0) is 29.8 Å². The van der Waals surface area contributed by atoms with Crippen molar-refractivity contribution in [3.8, 4) is 0 Å². The number of carbonyl (C=O) groups excluding carboxylic acids is 2. The van der Waals surface area contributed by atoms with Crippen LogP contribution in [0.3, 0.4) is 0 Å². The number of nitrogens with zero attached hydrogens (tertiary/aromatic N) is 1. The summed E-state index contributed by atoms with van der Waals surface area (Å²) in [7, 11) is 0. The van der Waals surface area contributed by atoms with E-state index in [1.807, 2.05) is 6.07 Å². The normalized spacial score (nSPS) is 10.4. The molecule has 0 saturated heterocycles. The molecule has 3 N–H and O–H groups in total. The van der Waals surface area contributed by atoms with E-state index in [0.717, 1.165) is 5.56 Å². The zero-order chi connectivity index (χ0) is 14.4. The number of carbonyl (C=O) groups is 2. The number of nitrogens with one attached hydrogen (secondary N) is 1. The van der Waals surface area contributed by atoms with Gasteiger partial charge in [0.1, 0.15) is 0 Å². The smallest absolute Gasteiger partial charge is 0.250 e. The number of aromatic nitrogens is 1. The lowest BCUT2D eigenvalue weighted by Gasteiger charge is -2.06. The highest BCUT2D eigenvalue weighted by atomic mass is 16.2. The highest BCUT2D eigenvalue weighted by Gasteiger charge is 2.08. The van der Waals surface area contributed by atoms with Crippen LogP contribution in [0, 0.1) is 0 Å². The summed E-state index contributed by atoms with van der Waals surface area (Å²) in [4.78, 5) is 27.0. The molecule has 2 amide bonds. The van der Waals surface area contributed by atoms with Crippen LogP contribution in [0.4, 0.5) is 5.69 Å². The average Bonchev–Trinajstić information content (AvgIpc) is 2.46. The Labute approximate surface area is 116 Å². The summed E-state index contributed by atoms with van der Waals surface area (Å²) in [6, 6.07) is 10.2. The maximum atomic E-state index is 11.8. The Kier molecular flexibility index (Phi) is 4.24. The van der Waals surface area contributed by atoms with Crippen molar-refractivity contribution in [2.45, 2.75) is 0 Å². The van der Waals surface area contributed by atoms with E-state index < -0.39 is 5.91 Å². The summed E-state index contributed by atoms with van der Waals surface area (Å²) < 4.78 is 0. The van der Waals surface area contributed by atoms with E-state index in [1.54, 1.807) is 48.8 Å². The second kappa shape index (κ2) is 6.29. The molecule has 2 rings (SSSR count). The maximum absolute atomic E-state index is 11.8. The van der Waals surface area contributed by atoms with Crippen LogP contribution >= 0.6 is 0 Å². The van der Waals surface area contributed by atoms with Crippen molar-refractivity contribution in [1.29, 1.82) is 0 Å². The molecule has 0 spiro atoms. The van der Waals surface area contributed by atoms with Gasteiger partial charge in [-0.2, -0.15) is 0 Å². The van der Waals surface area contributed by atoms with Crippen LogP contribution in [-0.4, -0.2) is 16.8 Å². The first-order chi connectivity index (χ1) is 9.66. The van der Waals surface area contributed by atoms with Crippen molar-refractivity contribution in [1.82, 2.24) is 4.98 Å². The largest absolute Gasteiger partial charge is 0.366 e. The van der Waals surface area contributed by atoms with E-state index in [1.165, 1.54) is 6.08 Å². The van der Waals surface area contributed by atoms with E-state index in [2.05, 4.69) is 10.3 Å². The van der Waals surface area contributed by atoms with Crippen LogP contribution in [0.25, 0.3) is 6.08 Å². The SMILES string of the molecule is NC(=O)c1ccccc1NC(=O)/C=C/c1cccnc1. The Morgan fingerprint density at radius 1 is 1.15 bits per heavy atom. The number of para-hydroxylation sites is 1. The lowest BCUT2D eigenvalue weighted by atomic mass is 10.1. The van der Waals surface area contributed by atoms with Crippen molar-refractivity contribution in [2.75, 3.05) is 5.32 Å². The van der Waals surface area contributed by atoms with Crippen molar-refractivity contribution in [3.05, 3.63) is 66.0 Å². The number of hydrogen-bond acceptors (Lipinski definition) is 3. The maximum Gasteiger partial charge on any atom is 0.250 e. The quantitative estimate of drug-likeness (QED) is 0.829. The van der Waals surface area contributed by atoms with Crippen LogP contribution in [-0.2, 0) is 4.79 Å². The summed E-state index contributed by atoms with van der Waals surface area (Å²) in [5.74, 6) is -0.931. The van der Waals surface area contributed by atoms with E-state index in [4.69, 9.17) is 5.73 Å². The van der Waals surface area contributed by atoms with Crippen LogP contribution in [0.5, 0.6) is 0 Å². The van der Waals surface area contributed by atoms with Gasteiger partial charge in [0.2, 0.25) is 5.91 Å². The van der Waals surface area contributed by atoms with Gasteiger partial charge in [-0.25, -0.2) is 0 Å². The molecule has 0 atom stereocenters. The minimum atomic E-state index is -0.586. The zero-order valence-electron chi connectivity index (χ0n) is 10.6. The first kappa shape index (κ1) is 13.5. The average molecular weight is 267 g/mol. The minimum absolute atomic E-state index is 0.274. The molecule has 20 heavy (non-hydrogen) atoms. The summed E-state index contributed by atoms with van der Waals surface area (Å²) in [6.45, 7) is 0. The number of rotatable bonds is 4. The summed E-state index contributed by atoms with van der Waals surface area (Å²) in [5.41, 5.74) is 6.71. The molecular weight excluding hydrogens is 254 g/mol. The predicted molar refractivity (Wildman–Crippen MR) is 76.9 cm³/mol. The number of hydrogen-bond donors (Lipinski definition) is 2. The molecule has 2 aromatic rings. The predicted octanol–water partition coefficient (Wildman–Crippen LogP) is 1.83. The van der Waals surface area contributed by atoms with Crippen LogP contribution in [0.15, 0.2) is 54.9 Å². The number of pyridine rings is 1. The molecule has 5 heteroatoms. The number of anilines is 1. The lowest BCUT2D eigenvalue weighted by molar-refractivity contribution is -0.111.